The average Bonchev–Trinajstić information content (AvgIpc) is 2.39. The van der Waals surface area contributed by atoms with Crippen molar-refractivity contribution < 1.29 is 9.72 Å². The van der Waals surface area contributed by atoms with E-state index < -0.39 is 4.92 Å². The van der Waals surface area contributed by atoms with E-state index in [0.29, 0.717) is 17.6 Å². The Morgan fingerprint density at radius 1 is 1.53 bits per heavy atom. The number of likely N-dealkylation sites (N-methyl/N-ethyl adjacent to an activating group) is 1. The second-order valence-corrected chi connectivity index (χ2v) is 4.81. The summed E-state index contributed by atoms with van der Waals surface area (Å²) in [7, 11) is 1.73. The third-order valence-electron chi connectivity index (χ3n) is 2.75. The fourth-order valence-corrected chi connectivity index (χ4v) is 2.01. The smallest absolute Gasteiger partial charge is 0.283 e. The topological polar surface area (TPSA) is 75.5 Å². The molecule has 0 spiro atoms. The summed E-state index contributed by atoms with van der Waals surface area (Å²) in [6.45, 7) is 3.15. The Kier molecular flexibility index (Phi) is 5.91. The Morgan fingerprint density at radius 3 is 2.79 bits per heavy atom. The lowest BCUT2D eigenvalue weighted by molar-refractivity contribution is -0.385. The van der Waals surface area contributed by atoms with Crippen molar-refractivity contribution in [3.63, 3.8) is 0 Å². The van der Waals surface area contributed by atoms with Gasteiger partial charge in [-0.15, -0.1) is 0 Å². The largest absolute Gasteiger partial charge is 0.345 e. The van der Waals surface area contributed by atoms with E-state index in [-0.39, 0.29) is 18.1 Å². The number of hydrogen-bond acceptors (Lipinski definition) is 4. The van der Waals surface area contributed by atoms with Crippen LogP contribution < -0.4 is 5.32 Å². The van der Waals surface area contributed by atoms with E-state index in [4.69, 9.17) is 0 Å². The SMILES string of the molecule is CCN(C)C(=O)CNCc1cccc([N+](=O)[O-])c1Br. The van der Waals surface area contributed by atoms with Crippen LogP contribution in [0.2, 0.25) is 0 Å². The number of nitro benzene ring substituents is 1. The molecule has 104 valence electrons. The second kappa shape index (κ2) is 7.20. The first-order valence-electron chi connectivity index (χ1n) is 5.83. The summed E-state index contributed by atoms with van der Waals surface area (Å²) in [5.41, 5.74) is 0.775. The van der Waals surface area contributed by atoms with E-state index in [0.717, 1.165) is 5.56 Å². The molecule has 1 rings (SSSR count). The Bertz CT molecular complexity index is 479. The summed E-state index contributed by atoms with van der Waals surface area (Å²) >= 11 is 3.21. The highest BCUT2D eigenvalue weighted by atomic mass is 79.9. The van der Waals surface area contributed by atoms with Gasteiger partial charge in [-0.1, -0.05) is 12.1 Å². The Hall–Kier alpha value is -1.47. The second-order valence-electron chi connectivity index (χ2n) is 4.02. The van der Waals surface area contributed by atoms with Crippen molar-refractivity contribution in [3.8, 4) is 0 Å². The monoisotopic (exact) mass is 329 g/mol. The minimum atomic E-state index is -0.441. The Balaban J connectivity index is 2.62. The van der Waals surface area contributed by atoms with Gasteiger partial charge in [0.05, 0.1) is 15.9 Å². The van der Waals surface area contributed by atoms with Crippen LogP contribution in [0.1, 0.15) is 12.5 Å². The molecule has 0 saturated carbocycles. The van der Waals surface area contributed by atoms with Gasteiger partial charge < -0.3 is 10.2 Å². The lowest BCUT2D eigenvalue weighted by Crippen LogP contribution is -2.35. The molecule has 1 aromatic rings. The van der Waals surface area contributed by atoms with E-state index in [2.05, 4.69) is 21.2 Å². The van der Waals surface area contributed by atoms with Crippen LogP contribution in [-0.2, 0) is 11.3 Å². The quantitative estimate of drug-likeness (QED) is 0.639. The van der Waals surface area contributed by atoms with Gasteiger partial charge in [-0.25, -0.2) is 0 Å². The number of carbonyl (C=O) groups excluding carboxylic acids is 1. The standard InChI is InChI=1S/C12H16BrN3O3/c1-3-15(2)11(17)8-14-7-9-5-4-6-10(12(9)13)16(18)19/h4-6,14H,3,7-8H2,1-2H3. The van der Waals surface area contributed by atoms with Crippen LogP contribution in [-0.4, -0.2) is 35.9 Å². The third-order valence-corrected chi connectivity index (χ3v) is 3.66. The number of benzene rings is 1. The average molecular weight is 330 g/mol. The summed E-state index contributed by atoms with van der Waals surface area (Å²) in [6, 6.07) is 4.83. The summed E-state index contributed by atoms with van der Waals surface area (Å²) in [5.74, 6) is -0.0101. The van der Waals surface area contributed by atoms with E-state index >= 15 is 0 Å². The molecule has 1 N–H and O–H groups in total. The zero-order valence-electron chi connectivity index (χ0n) is 10.9. The Morgan fingerprint density at radius 2 is 2.21 bits per heavy atom. The van der Waals surface area contributed by atoms with Gasteiger partial charge in [0.25, 0.3) is 5.69 Å². The van der Waals surface area contributed by atoms with Crippen LogP contribution in [0.15, 0.2) is 22.7 Å². The van der Waals surface area contributed by atoms with Gasteiger partial charge in [-0.3, -0.25) is 14.9 Å². The molecule has 6 nitrogen and oxygen atoms in total. The van der Waals surface area contributed by atoms with Crippen molar-refractivity contribution in [1.29, 1.82) is 0 Å². The summed E-state index contributed by atoms with van der Waals surface area (Å²) in [6.07, 6.45) is 0. The van der Waals surface area contributed by atoms with Gasteiger partial charge in [0.2, 0.25) is 5.91 Å². The van der Waals surface area contributed by atoms with Gasteiger partial charge in [-0.05, 0) is 28.4 Å². The van der Waals surface area contributed by atoms with Crippen LogP contribution in [0.3, 0.4) is 0 Å². The number of nitrogens with one attached hydrogen (secondary N) is 1. The molecular weight excluding hydrogens is 314 g/mol. The lowest BCUT2D eigenvalue weighted by atomic mass is 10.2. The Labute approximate surface area is 120 Å². The minimum absolute atomic E-state index is 0.0101. The van der Waals surface area contributed by atoms with E-state index in [1.165, 1.54) is 6.07 Å². The maximum Gasteiger partial charge on any atom is 0.283 e. The predicted octanol–water partition coefficient (Wildman–Crippen LogP) is 1.93. The van der Waals surface area contributed by atoms with Gasteiger partial charge in [-0.2, -0.15) is 0 Å². The zero-order chi connectivity index (χ0) is 14.4. The molecule has 0 radical (unpaired) electrons. The van der Waals surface area contributed by atoms with Gasteiger partial charge in [0, 0.05) is 26.2 Å². The molecule has 0 heterocycles. The van der Waals surface area contributed by atoms with Crippen LogP contribution >= 0.6 is 15.9 Å². The number of halogens is 1. The zero-order valence-corrected chi connectivity index (χ0v) is 12.4. The van der Waals surface area contributed by atoms with Crippen LogP contribution in [0.5, 0.6) is 0 Å². The van der Waals surface area contributed by atoms with E-state index in [1.807, 2.05) is 6.92 Å². The van der Waals surface area contributed by atoms with Crippen molar-refractivity contribution in [2.75, 3.05) is 20.1 Å². The molecule has 1 aromatic carbocycles. The molecule has 0 aliphatic heterocycles. The van der Waals surface area contributed by atoms with Crippen molar-refractivity contribution in [2.45, 2.75) is 13.5 Å². The number of rotatable bonds is 6. The highest BCUT2D eigenvalue weighted by molar-refractivity contribution is 9.10. The fraction of sp³-hybridized carbons (Fsp3) is 0.417. The van der Waals surface area contributed by atoms with Crippen LogP contribution in [0, 0.1) is 10.1 Å². The summed E-state index contributed by atoms with van der Waals surface area (Å²) < 4.78 is 0.448. The molecule has 0 aromatic heterocycles. The van der Waals surface area contributed by atoms with Gasteiger partial charge >= 0.3 is 0 Å². The molecule has 7 heteroatoms. The van der Waals surface area contributed by atoms with Crippen LogP contribution in [0.4, 0.5) is 5.69 Å². The fourth-order valence-electron chi connectivity index (χ4n) is 1.46. The van der Waals surface area contributed by atoms with Gasteiger partial charge in [0.1, 0.15) is 0 Å². The van der Waals surface area contributed by atoms with Crippen LogP contribution in [0.25, 0.3) is 0 Å². The first kappa shape index (κ1) is 15.6. The molecule has 0 saturated heterocycles. The number of carbonyl (C=O) groups is 1. The van der Waals surface area contributed by atoms with Crippen molar-refractivity contribution >= 4 is 27.5 Å². The maximum absolute atomic E-state index is 11.6. The first-order valence-corrected chi connectivity index (χ1v) is 6.63. The molecule has 0 atom stereocenters. The number of nitro groups is 1. The molecular formula is C12H16BrN3O3. The summed E-state index contributed by atoms with van der Waals surface area (Å²) in [4.78, 5) is 23.5. The van der Waals surface area contributed by atoms with E-state index in [1.54, 1.807) is 24.1 Å². The number of amides is 1. The summed E-state index contributed by atoms with van der Waals surface area (Å²) in [5, 5.41) is 13.8. The first-order chi connectivity index (χ1) is 8.97. The van der Waals surface area contributed by atoms with E-state index in [9.17, 15) is 14.9 Å². The normalized spacial score (nSPS) is 10.3. The molecule has 0 aliphatic rings. The molecule has 19 heavy (non-hydrogen) atoms. The minimum Gasteiger partial charge on any atom is -0.345 e. The molecule has 0 unspecified atom stereocenters. The molecule has 0 bridgehead atoms. The molecule has 1 amide bonds. The van der Waals surface area contributed by atoms with Crippen molar-refractivity contribution in [3.05, 3.63) is 38.3 Å². The molecule has 0 aliphatic carbocycles. The third kappa shape index (κ3) is 4.29. The number of nitrogens with zero attached hydrogens (tertiary/aromatic N) is 2. The lowest BCUT2D eigenvalue weighted by Gasteiger charge is -2.15. The number of hydrogen-bond donors (Lipinski definition) is 1. The molecule has 0 fully saturated rings. The van der Waals surface area contributed by atoms with Crippen molar-refractivity contribution in [1.82, 2.24) is 10.2 Å². The predicted molar refractivity (Wildman–Crippen MR) is 75.8 cm³/mol. The highest BCUT2D eigenvalue weighted by Crippen LogP contribution is 2.27. The van der Waals surface area contributed by atoms with Gasteiger partial charge in [0.15, 0.2) is 0 Å². The maximum atomic E-state index is 11.6. The highest BCUT2D eigenvalue weighted by Gasteiger charge is 2.14. The van der Waals surface area contributed by atoms with Crippen molar-refractivity contribution in [2.24, 2.45) is 0 Å².